The Balaban J connectivity index is 1.66. The Bertz CT molecular complexity index is 294. The summed E-state index contributed by atoms with van der Waals surface area (Å²) >= 11 is 0. The van der Waals surface area contributed by atoms with Gasteiger partial charge in [0.15, 0.2) is 0 Å². The number of rotatable bonds is 4. The molecule has 2 heteroatoms. The summed E-state index contributed by atoms with van der Waals surface area (Å²) in [4.78, 5) is 2.85. The van der Waals surface area contributed by atoms with Gasteiger partial charge in [-0.05, 0) is 57.4 Å². The number of hydrogen-bond acceptors (Lipinski definition) is 2. The van der Waals surface area contributed by atoms with Crippen LogP contribution in [0.2, 0.25) is 0 Å². The first-order valence-corrected chi connectivity index (χ1v) is 8.72. The maximum Gasteiger partial charge on any atom is 0.0309 e. The molecule has 2 unspecified atom stereocenters. The lowest BCUT2D eigenvalue weighted by atomic mass is 9.80. The molecule has 1 heterocycles. The third-order valence-corrected chi connectivity index (χ3v) is 5.90. The fourth-order valence-electron chi connectivity index (χ4n) is 4.57. The normalized spacial score (nSPS) is 38.5. The van der Waals surface area contributed by atoms with Crippen molar-refractivity contribution in [1.29, 1.82) is 0 Å². The molecule has 2 saturated carbocycles. The number of piperazine rings is 1. The predicted molar refractivity (Wildman–Crippen MR) is 81.4 cm³/mol. The lowest BCUT2D eigenvalue weighted by molar-refractivity contribution is 0.0341. The highest BCUT2D eigenvalue weighted by Gasteiger charge is 2.46. The van der Waals surface area contributed by atoms with Crippen molar-refractivity contribution in [3.05, 3.63) is 0 Å². The Kier molecular flexibility index (Phi) is 4.19. The second-order valence-corrected chi connectivity index (χ2v) is 7.51. The van der Waals surface area contributed by atoms with Gasteiger partial charge in [-0.3, -0.25) is 4.90 Å². The van der Waals surface area contributed by atoms with E-state index in [9.17, 15) is 0 Å². The van der Waals surface area contributed by atoms with E-state index < -0.39 is 0 Å². The van der Waals surface area contributed by atoms with Crippen molar-refractivity contribution in [3.63, 3.8) is 0 Å². The van der Waals surface area contributed by atoms with Crippen LogP contribution in [0.4, 0.5) is 0 Å². The molecule has 0 aromatic heterocycles. The third-order valence-electron chi connectivity index (χ3n) is 5.90. The monoisotopic (exact) mass is 264 g/mol. The molecule has 19 heavy (non-hydrogen) atoms. The molecule has 0 spiro atoms. The van der Waals surface area contributed by atoms with E-state index in [0.29, 0.717) is 5.54 Å². The van der Waals surface area contributed by atoms with Gasteiger partial charge in [0.05, 0.1) is 0 Å². The predicted octanol–water partition coefficient (Wildman–Crippen LogP) is 3.42. The quantitative estimate of drug-likeness (QED) is 0.837. The molecule has 0 aromatic rings. The first-order valence-electron chi connectivity index (χ1n) is 8.72. The highest BCUT2D eigenvalue weighted by Crippen LogP contribution is 2.42. The smallest absolute Gasteiger partial charge is 0.0309 e. The molecule has 0 bridgehead atoms. The van der Waals surface area contributed by atoms with E-state index in [-0.39, 0.29) is 0 Å². The molecular formula is C17H32N2. The van der Waals surface area contributed by atoms with Gasteiger partial charge >= 0.3 is 0 Å². The summed E-state index contributed by atoms with van der Waals surface area (Å²) in [6.07, 6.45) is 11.6. The topological polar surface area (TPSA) is 15.3 Å². The van der Waals surface area contributed by atoms with E-state index in [4.69, 9.17) is 0 Å². The van der Waals surface area contributed by atoms with Gasteiger partial charge in [-0.1, -0.05) is 26.2 Å². The molecule has 110 valence electrons. The Labute approximate surface area is 119 Å². The third kappa shape index (κ3) is 3.00. The van der Waals surface area contributed by atoms with Crippen LogP contribution in [0.3, 0.4) is 0 Å². The van der Waals surface area contributed by atoms with Crippen LogP contribution in [0, 0.1) is 11.8 Å². The molecule has 1 aliphatic heterocycles. The van der Waals surface area contributed by atoms with Crippen molar-refractivity contribution in [1.82, 2.24) is 10.2 Å². The Morgan fingerprint density at radius 2 is 1.84 bits per heavy atom. The average molecular weight is 264 g/mol. The van der Waals surface area contributed by atoms with E-state index in [1.807, 2.05) is 0 Å². The summed E-state index contributed by atoms with van der Waals surface area (Å²) in [5, 5.41) is 3.95. The number of nitrogens with one attached hydrogen (secondary N) is 1. The van der Waals surface area contributed by atoms with E-state index in [1.165, 1.54) is 71.0 Å². The molecule has 3 aliphatic rings. The zero-order valence-electron chi connectivity index (χ0n) is 13.0. The first kappa shape index (κ1) is 13.9. The van der Waals surface area contributed by atoms with Crippen molar-refractivity contribution in [2.75, 3.05) is 19.6 Å². The lowest BCUT2D eigenvalue weighted by Gasteiger charge is -2.50. The van der Waals surface area contributed by atoms with Gasteiger partial charge in [-0.25, -0.2) is 0 Å². The Hall–Kier alpha value is -0.0800. The second kappa shape index (κ2) is 5.73. The van der Waals surface area contributed by atoms with Crippen LogP contribution in [-0.4, -0.2) is 36.1 Å². The van der Waals surface area contributed by atoms with E-state index in [0.717, 1.165) is 17.9 Å². The van der Waals surface area contributed by atoms with Crippen LogP contribution >= 0.6 is 0 Å². The first-order chi connectivity index (χ1) is 9.23. The fourth-order valence-corrected chi connectivity index (χ4v) is 4.57. The summed E-state index contributed by atoms with van der Waals surface area (Å²) in [6, 6.07) is 0.826. The van der Waals surface area contributed by atoms with Crippen LogP contribution < -0.4 is 5.32 Å². The molecule has 2 nitrogen and oxygen atoms in total. The zero-order valence-corrected chi connectivity index (χ0v) is 13.0. The highest BCUT2D eigenvalue weighted by atomic mass is 15.3. The molecule has 2 aliphatic carbocycles. The minimum atomic E-state index is 0.417. The fraction of sp³-hybridized carbons (Fsp3) is 1.00. The van der Waals surface area contributed by atoms with E-state index >= 15 is 0 Å². The lowest BCUT2D eigenvalue weighted by Crippen LogP contribution is -2.65. The van der Waals surface area contributed by atoms with Crippen molar-refractivity contribution >= 4 is 0 Å². The Morgan fingerprint density at radius 3 is 2.47 bits per heavy atom. The molecule has 2 atom stereocenters. The Morgan fingerprint density at radius 1 is 1.11 bits per heavy atom. The molecule has 1 saturated heterocycles. The minimum Gasteiger partial charge on any atom is -0.308 e. The van der Waals surface area contributed by atoms with Crippen LogP contribution in [0.25, 0.3) is 0 Å². The van der Waals surface area contributed by atoms with Gasteiger partial charge < -0.3 is 5.32 Å². The summed E-state index contributed by atoms with van der Waals surface area (Å²) in [7, 11) is 0. The van der Waals surface area contributed by atoms with Crippen LogP contribution in [0.1, 0.15) is 65.2 Å². The largest absolute Gasteiger partial charge is 0.308 e. The van der Waals surface area contributed by atoms with Gasteiger partial charge in [-0.15, -0.1) is 0 Å². The highest BCUT2D eigenvalue weighted by molar-refractivity contribution is 5.05. The van der Waals surface area contributed by atoms with Crippen molar-refractivity contribution in [3.8, 4) is 0 Å². The SMILES string of the molecule is CCCN1CC(C)(C2CC2)NCC1C1CCCCC1. The standard InChI is InChI=1S/C17H32N2/c1-3-11-19-13-17(2,15-9-10-15)18-12-16(19)14-7-5-4-6-8-14/h14-16,18H,3-13H2,1-2H3. The maximum atomic E-state index is 3.95. The molecular weight excluding hydrogens is 232 g/mol. The molecule has 3 rings (SSSR count). The summed E-state index contributed by atoms with van der Waals surface area (Å²) in [5.74, 6) is 1.93. The van der Waals surface area contributed by atoms with Crippen molar-refractivity contribution in [2.45, 2.75) is 76.8 Å². The van der Waals surface area contributed by atoms with Crippen molar-refractivity contribution in [2.24, 2.45) is 11.8 Å². The van der Waals surface area contributed by atoms with Crippen LogP contribution in [-0.2, 0) is 0 Å². The van der Waals surface area contributed by atoms with Gasteiger partial charge in [0.1, 0.15) is 0 Å². The summed E-state index contributed by atoms with van der Waals surface area (Å²) in [6.45, 7) is 8.67. The number of nitrogens with zero attached hydrogens (tertiary/aromatic N) is 1. The molecule has 0 amide bonds. The number of hydrogen-bond donors (Lipinski definition) is 1. The van der Waals surface area contributed by atoms with Crippen molar-refractivity contribution < 1.29 is 0 Å². The maximum absolute atomic E-state index is 3.95. The van der Waals surface area contributed by atoms with Crippen LogP contribution in [0.15, 0.2) is 0 Å². The molecule has 0 aromatic carbocycles. The summed E-state index contributed by atoms with van der Waals surface area (Å²) in [5.41, 5.74) is 0.417. The van der Waals surface area contributed by atoms with E-state index in [1.54, 1.807) is 0 Å². The van der Waals surface area contributed by atoms with Crippen LogP contribution in [0.5, 0.6) is 0 Å². The molecule has 0 radical (unpaired) electrons. The van der Waals surface area contributed by atoms with Gasteiger partial charge in [0, 0.05) is 24.7 Å². The average Bonchev–Trinajstić information content (AvgIpc) is 3.25. The second-order valence-electron chi connectivity index (χ2n) is 7.51. The van der Waals surface area contributed by atoms with E-state index in [2.05, 4.69) is 24.1 Å². The summed E-state index contributed by atoms with van der Waals surface area (Å²) < 4.78 is 0. The molecule has 3 fully saturated rings. The van der Waals surface area contributed by atoms with Gasteiger partial charge in [-0.2, -0.15) is 0 Å². The zero-order chi connectivity index (χ0) is 13.3. The minimum absolute atomic E-state index is 0.417. The molecule has 1 N–H and O–H groups in total. The van der Waals surface area contributed by atoms with Gasteiger partial charge in [0.2, 0.25) is 0 Å². The van der Waals surface area contributed by atoms with Gasteiger partial charge in [0.25, 0.3) is 0 Å².